The minimum absolute atomic E-state index is 0.0515. The van der Waals surface area contributed by atoms with Crippen molar-refractivity contribution in [2.75, 3.05) is 28.6 Å². The van der Waals surface area contributed by atoms with E-state index in [1.807, 2.05) is 29.2 Å². The summed E-state index contributed by atoms with van der Waals surface area (Å²) in [6, 6.07) is 11.0. The second kappa shape index (κ2) is 8.61. The summed E-state index contributed by atoms with van der Waals surface area (Å²) in [5.41, 5.74) is 1.77. The van der Waals surface area contributed by atoms with Crippen molar-refractivity contribution in [3.63, 3.8) is 0 Å². The van der Waals surface area contributed by atoms with Crippen LogP contribution in [0.2, 0.25) is 0 Å². The molecule has 5 nitrogen and oxygen atoms in total. The molecule has 2 aromatic rings. The number of hydrogen-bond acceptors (Lipinski definition) is 3. The Morgan fingerprint density at radius 3 is 2.61 bits per heavy atom. The Hall–Kier alpha value is -3.03. The van der Waals surface area contributed by atoms with E-state index in [0.717, 1.165) is 49.3 Å². The zero-order chi connectivity index (χ0) is 22.0. The lowest BCUT2D eigenvalue weighted by molar-refractivity contribution is -0.137. The Bertz CT molecular complexity index is 984. The molecule has 2 N–H and O–H groups in total. The molecule has 4 rings (SSSR count). The maximum absolute atomic E-state index is 13.2. The molecule has 1 atom stereocenters. The van der Waals surface area contributed by atoms with Crippen LogP contribution in [0.1, 0.15) is 36.8 Å². The van der Waals surface area contributed by atoms with Gasteiger partial charge in [0.05, 0.1) is 16.9 Å². The molecule has 31 heavy (non-hydrogen) atoms. The van der Waals surface area contributed by atoms with E-state index in [2.05, 4.69) is 10.6 Å². The van der Waals surface area contributed by atoms with E-state index in [1.165, 1.54) is 6.07 Å². The van der Waals surface area contributed by atoms with Gasteiger partial charge in [-0.15, -0.1) is 0 Å². The van der Waals surface area contributed by atoms with Crippen molar-refractivity contribution >= 4 is 28.9 Å². The SMILES string of the molecule is O=C(CCC1Cc2ccccc2NC1=O)Nc1cc(C(F)(F)F)ccc1N1CCCC1. The number of hydrogen-bond donors (Lipinski definition) is 2. The van der Waals surface area contributed by atoms with Gasteiger partial charge in [0.25, 0.3) is 0 Å². The van der Waals surface area contributed by atoms with Gasteiger partial charge in [-0.05, 0) is 55.5 Å². The van der Waals surface area contributed by atoms with Crippen LogP contribution in [0.15, 0.2) is 42.5 Å². The van der Waals surface area contributed by atoms with Crippen LogP contribution in [0.25, 0.3) is 0 Å². The molecule has 1 unspecified atom stereocenters. The van der Waals surface area contributed by atoms with E-state index >= 15 is 0 Å². The number of anilines is 3. The number of para-hydroxylation sites is 1. The Labute approximate surface area is 178 Å². The highest BCUT2D eigenvalue weighted by molar-refractivity contribution is 5.97. The normalized spacial score (nSPS) is 18.5. The second-order valence-electron chi connectivity index (χ2n) is 8.06. The summed E-state index contributed by atoms with van der Waals surface area (Å²) in [6.45, 7) is 1.49. The summed E-state index contributed by atoms with van der Waals surface area (Å²) in [5.74, 6) is -0.880. The van der Waals surface area contributed by atoms with Gasteiger partial charge in [0.15, 0.2) is 0 Å². The standard InChI is InChI=1S/C23H24F3N3O2/c24-23(25,26)17-8-9-20(29-11-3-4-12-29)19(14-17)27-21(30)10-7-16-13-15-5-1-2-6-18(15)28-22(16)31/h1-2,5-6,8-9,14,16H,3-4,7,10-13H2,(H,27,30)(H,28,31). The zero-order valence-corrected chi connectivity index (χ0v) is 17.0. The number of halogens is 3. The first-order chi connectivity index (χ1) is 14.8. The van der Waals surface area contributed by atoms with Crippen LogP contribution in [0, 0.1) is 5.92 Å². The summed E-state index contributed by atoms with van der Waals surface area (Å²) in [5, 5.41) is 5.51. The first-order valence-corrected chi connectivity index (χ1v) is 10.5. The molecule has 1 saturated heterocycles. The molecule has 8 heteroatoms. The zero-order valence-electron chi connectivity index (χ0n) is 17.0. The average Bonchev–Trinajstić information content (AvgIpc) is 3.26. The van der Waals surface area contributed by atoms with Crippen molar-refractivity contribution < 1.29 is 22.8 Å². The summed E-state index contributed by atoms with van der Waals surface area (Å²) >= 11 is 0. The van der Waals surface area contributed by atoms with Crippen molar-refractivity contribution in [3.8, 4) is 0 Å². The predicted molar refractivity (Wildman–Crippen MR) is 113 cm³/mol. The monoisotopic (exact) mass is 431 g/mol. The molecule has 0 aromatic heterocycles. The van der Waals surface area contributed by atoms with Crippen LogP contribution in [-0.2, 0) is 22.2 Å². The average molecular weight is 431 g/mol. The lowest BCUT2D eigenvalue weighted by atomic mass is 9.89. The highest BCUT2D eigenvalue weighted by Gasteiger charge is 2.32. The number of benzene rings is 2. The van der Waals surface area contributed by atoms with E-state index in [0.29, 0.717) is 18.5 Å². The Morgan fingerprint density at radius 1 is 1.13 bits per heavy atom. The van der Waals surface area contributed by atoms with Crippen LogP contribution in [-0.4, -0.2) is 24.9 Å². The molecule has 1 fully saturated rings. The van der Waals surface area contributed by atoms with E-state index in [1.54, 1.807) is 0 Å². The third kappa shape index (κ3) is 4.84. The fourth-order valence-corrected chi connectivity index (χ4v) is 4.21. The second-order valence-corrected chi connectivity index (χ2v) is 8.06. The minimum Gasteiger partial charge on any atom is -0.370 e. The fourth-order valence-electron chi connectivity index (χ4n) is 4.21. The Balaban J connectivity index is 1.44. The third-order valence-corrected chi connectivity index (χ3v) is 5.88. The van der Waals surface area contributed by atoms with E-state index < -0.39 is 17.6 Å². The van der Waals surface area contributed by atoms with Gasteiger partial charge in [0.1, 0.15) is 0 Å². The molecular weight excluding hydrogens is 407 g/mol. The number of alkyl halides is 3. The molecule has 2 heterocycles. The Kier molecular flexibility index (Phi) is 5.89. The molecule has 0 saturated carbocycles. The van der Waals surface area contributed by atoms with Gasteiger partial charge in [0.2, 0.25) is 11.8 Å². The molecule has 164 valence electrons. The summed E-state index contributed by atoms with van der Waals surface area (Å²) in [4.78, 5) is 26.9. The summed E-state index contributed by atoms with van der Waals surface area (Å²) in [7, 11) is 0. The number of nitrogens with zero attached hydrogens (tertiary/aromatic N) is 1. The molecule has 2 aliphatic rings. The van der Waals surface area contributed by atoms with E-state index in [4.69, 9.17) is 0 Å². The molecule has 2 aliphatic heterocycles. The molecule has 0 aliphatic carbocycles. The molecular formula is C23H24F3N3O2. The first-order valence-electron chi connectivity index (χ1n) is 10.5. The van der Waals surface area contributed by atoms with Crippen LogP contribution in [0.5, 0.6) is 0 Å². The largest absolute Gasteiger partial charge is 0.416 e. The van der Waals surface area contributed by atoms with Gasteiger partial charge in [-0.25, -0.2) is 0 Å². The number of carbonyl (C=O) groups is 2. The third-order valence-electron chi connectivity index (χ3n) is 5.88. The van der Waals surface area contributed by atoms with Crippen molar-refractivity contribution in [2.45, 2.75) is 38.3 Å². The number of rotatable bonds is 5. The van der Waals surface area contributed by atoms with Gasteiger partial charge in [0, 0.05) is 31.1 Å². The lowest BCUT2D eigenvalue weighted by Crippen LogP contribution is -2.30. The quantitative estimate of drug-likeness (QED) is 0.713. The molecule has 2 aromatic carbocycles. The number of carbonyl (C=O) groups excluding carboxylic acids is 2. The van der Waals surface area contributed by atoms with Crippen molar-refractivity contribution in [1.29, 1.82) is 0 Å². The van der Waals surface area contributed by atoms with Crippen molar-refractivity contribution in [2.24, 2.45) is 5.92 Å². The van der Waals surface area contributed by atoms with Crippen LogP contribution in [0.4, 0.5) is 30.2 Å². The summed E-state index contributed by atoms with van der Waals surface area (Å²) in [6.07, 6.45) is -1.65. The van der Waals surface area contributed by atoms with Crippen molar-refractivity contribution in [1.82, 2.24) is 0 Å². The fraction of sp³-hybridized carbons (Fsp3) is 0.391. The van der Waals surface area contributed by atoms with Crippen molar-refractivity contribution in [3.05, 3.63) is 53.6 Å². The van der Waals surface area contributed by atoms with Gasteiger partial charge in [-0.2, -0.15) is 13.2 Å². The lowest BCUT2D eigenvalue weighted by Gasteiger charge is -2.25. The topological polar surface area (TPSA) is 61.4 Å². The van der Waals surface area contributed by atoms with Gasteiger partial charge in [-0.1, -0.05) is 18.2 Å². The molecule has 0 spiro atoms. The maximum atomic E-state index is 13.2. The minimum atomic E-state index is -4.49. The van der Waals surface area contributed by atoms with Gasteiger partial charge >= 0.3 is 6.18 Å². The molecule has 0 radical (unpaired) electrons. The van der Waals surface area contributed by atoms with Crippen LogP contribution in [0.3, 0.4) is 0 Å². The van der Waals surface area contributed by atoms with E-state index in [-0.39, 0.29) is 23.9 Å². The van der Waals surface area contributed by atoms with Gasteiger partial charge < -0.3 is 15.5 Å². The molecule has 0 bridgehead atoms. The first kappa shape index (κ1) is 21.2. The maximum Gasteiger partial charge on any atom is 0.416 e. The highest BCUT2D eigenvalue weighted by Crippen LogP contribution is 2.37. The Morgan fingerprint density at radius 2 is 1.87 bits per heavy atom. The number of nitrogens with one attached hydrogen (secondary N) is 2. The van der Waals surface area contributed by atoms with Gasteiger partial charge in [-0.3, -0.25) is 9.59 Å². The summed E-state index contributed by atoms with van der Waals surface area (Å²) < 4.78 is 39.6. The van der Waals surface area contributed by atoms with E-state index in [9.17, 15) is 22.8 Å². The van der Waals surface area contributed by atoms with Crippen LogP contribution < -0.4 is 15.5 Å². The predicted octanol–water partition coefficient (Wildman–Crippen LogP) is 4.84. The number of fused-ring (bicyclic) bond motifs is 1. The van der Waals surface area contributed by atoms with Crippen LogP contribution >= 0.6 is 0 Å². The smallest absolute Gasteiger partial charge is 0.370 e. The highest BCUT2D eigenvalue weighted by atomic mass is 19.4. The molecule has 2 amide bonds. The number of amides is 2.